The molecule has 172 valence electrons. The zero-order valence-corrected chi connectivity index (χ0v) is 19.0. The average Bonchev–Trinajstić information content (AvgIpc) is 3.46. The Morgan fingerprint density at radius 2 is 1.91 bits per heavy atom. The van der Waals surface area contributed by atoms with Crippen LogP contribution in [-0.2, 0) is 29.3 Å². The number of likely N-dealkylation sites (tertiary alicyclic amines) is 1. The fourth-order valence-electron chi connectivity index (χ4n) is 5.55. The molecule has 0 radical (unpaired) electrons. The van der Waals surface area contributed by atoms with E-state index in [0.29, 0.717) is 17.9 Å². The summed E-state index contributed by atoms with van der Waals surface area (Å²) in [5.41, 5.74) is 3.45. The number of sulfonamides is 1. The van der Waals surface area contributed by atoms with Crippen LogP contribution in [0.3, 0.4) is 0 Å². The maximum Gasteiger partial charge on any atom is 0.212 e. The molecule has 2 N–H and O–H groups in total. The van der Waals surface area contributed by atoms with E-state index in [1.807, 2.05) is 12.1 Å². The third kappa shape index (κ3) is 4.61. The Morgan fingerprint density at radius 3 is 2.53 bits per heavy atom. The minimum absolute atomic E-state index is 0.0277. The molecule has 0 spiro atoms. The van der Waals surface area contributed by atoms with E-state index in [4.69, 9.17) is 5.14 Å². The number of hydrogen-bond acceptors (Lipinski definition) is 3. The Labute approximate surface area is 188 Å². The molecule has 1 aliphatic heterocycles. The van der Waals surface area contributed by atoms with Crippen molar-refractivity contribution in [2.24, 2.45) is 17.0 Å². The lowest BCUT2D eigenvalue weighted by molar-refractivity contribution is 0.145. The van der Waals surface area contributed by atoms with Gasteiger partial charge < -0.3 is 4.90 Å². The van der Waals surface area contributed by atoms with Crippen molar-refractivity contribution >= 4 is 10.0 Å². The van der Waals surface area contributed by atoms with Crippen LogP contribution in [0.5, 0.6) is 0 Å². The van der Waals surface area contributed by atoms with Crippen molar-refractivity contribution in [1.29, 1.82) is 0 Å². The molecule has 3 aliphatic rings. The number of hydrogen-bond donors (Lipinski definition) is 1. The fourth-order valence-corrected chi connectivity index (χ4v) is 6.77. The van der Waals surface area contributed by atoms with Crippen LogP contribution in [0.1, 0.15) is 47.4 Å². The molecule has 1 saturated carbocycles. The third-order valence-electron chi connectivity index (χ3n) is 7.54. The van der Waals surface area contributed by atoms with Crippen LogP contribution < -0.4 is 5.14 Å². The second kappa shape index (κ2) is 8.50. The van der Waals surface area contributed by atoms with Gasteiger partial charge in [-0.2, -0.15) is 0 Å². The Balaban J connectivity index is 1.46. The standard InChI is InChI=1S/C25H30F2N2O2S/c26-21-4-1-3-16(9-21)10-22-20(15-29-7-2-8-29)11-18-13-24(27)19(12-23(18)22)14-25(17-5-6-17)32(28,30)31/h1,3-4,9,12-13,17,20,22,25H,2,5-8,10-11,14-15H2,(H2,28,30,31). The van der Waals surface area contributed by atoms with Crippen molar-refractivity contribution in [3.05, 3.63) is 70.3 Å². The Bertz CT molecular complexity index is 1110. The molecule has 32 heavy (non-hydrogen) atoms. The van der Waals surface area contributed by atoms with Crippen LogP contribution in [0, 0.1) is 23.5 Å². The Kier molecular flexibility index (Phi) is 5.84. The number of nitrogens with zero attached hydrogens (tertiary/aromatic N) is 1. The van der Waals surface area contributed by atoms with Crippen molar-refractivity contribution in [3.8, 4) is 0 Å². The number of nitrogens with two attached hydrogens (primary N) is 1. The Hall–Kier alpha value is -1.83. The van der Waals surface area contributed by atoms with Crippen molar-refractivity contribution < 1.29 is 17.2 Å². The highest BCUT2D eigenvalue weighted by Crippen LogP contribution is 2.43. The van der Waals surface area contributed by atoms with E-state index < -0.39 is 15.3 Å². The zero-order valence-electron chi connectivity index (χ0n) is 18.1. The molecule has 3 unspecified atom stereocenters. The van der Waals surface area contributed by atoms with Crippen molar-refractivity contribution in [1.82, 2.24) is 4.90 Å². The van der Waals surface area contributed by atoms with Crippen LogP contribution in [0.15, 0.2) is 36.4 Å². The first-order valence-electron chi connectivity index (χ1n) is 11.6. The normalized spacial score (nSPS) is 24.2. The number of rotatable bonds is 8. The van der Waals surface area contributed by atoms with Gasteiger partial charge in [-0.15, -0.1) is 0 Å². The molecule has 7 heteroatoms. The monoisotopic (exact) mass is 460 g/mol. The van der Waals surface area contributed by atoms with Gasteiger partial charge in [-0.1, -0.05) is 18.2 Å². The van der Waals surface area contributed by atoms with E-state index in [0.717, 1.165) is 55.6 Å². The van der Waals surface area contributed by atoms with Crippen LogP contribution >= 0.6 is 0 Å². The number of fused-ring (bicyclic) bond motifs is 1. The molecule has 0 amide bonds. The fraction of sp³-hybridized carbons (Fsp3) is 0.520. The first-order chi connectivity index (χ1) is 15.3. The maximum atomic E-state index is 15.1. The second-order valence-electron chi connectivity index (χ2n) is 9.87. The number of primary sulfonamides is 1. The van der Waals surface area contributed by atoms with Gasteiger partial charge in [0.05, 0.1) is 5.25 Å². The van der Waals surface area contributed by atoms with E-state index in [1.165, 1.54) is 12.5 Å². The molecule has 4 nitrogen and oxygen atoms in total. The third-order valence-corrected chi connectivity index (χ3v) is 8.93. The van der Waals surface area contributed by atoms with Gasteiger partial charge in [0, 0.05) is 6.54 Å². The molecule has 1 saturated heterocycles. The lowest BCUT2D eigenvalue weighted by atomic mass is 9.85. The maximum absolute atomic E-state index is 15.1. The van der Waals surface area contributed by atoms with E-state index in [9.17, 15) is 12.8 Å². The summed E-state index contributed by atoms with van der Waals surface area (Å²) in [4.78, 5) is 2.43. The summed E-state index contributed by atoms with van der Waals surface area (Å²) in [5.74, 6) is -0.0754. The van der Waals surface area contributed by atoms with E-state index in [2.05, 4.69) is 4.90 Å². The van der Waals surface area contributed by atoms with Crippen molar-refractivity contribution in [2.75, 3.05) is 19.6 Å². The largest absolute Gasteiger partial charge is 0.303 e. The molecule has 2 aromatic carbocycles. The quantitative estimate of drug-likeness (QED) is 0.652. The molecule has 1 heterocycles. The molecular weight excluding hydrogens is 430 g/mol. The topological polar surface area (TPSA) is 63.4 Å². The molecule has 0 aromatic heterocycles. The van der Waals surface area contributed by atoms with Gasteiger partial charge in [-0.3, -0.25) is 0 Å². The molecule has 2 fully saturated rings. The van der Waals surface area contributed by atoms with Gasteiger partial charge in [0.15, 0.2) is 0 Å². The van der Waals surface area contributed by atoms with Crippen molar-refractivity contribution in [2.45, 2.75) is 49.7 Å². The second-order valence-corrected chi connectivity index (χ2v) is 11.7. The lowest BCUT2D eigenvalue weighted by Gasteiger charge is -2.35. The minimum atomic E-state index is -3.73. The first kappa shape index (κ1) is 22.0. The summed E-state index contributed by atoms with van der Waals surface area (Å²) >= 11 is 0. The molecule has 2 aliphatic carbocycles. The van der Waals surface area contributed by atoms with Gasteiger partial charge in [-0.25, -0.2) is 22.3 Å². The van der Waals surface area contributed by atoms with E-state index >= 15 is 4.39 Å². The molecule has 3 atom stereocenters. The Morgan fingerprint density at radius 1 is 1.12 bits per heavy atom. The highest BCUT2D eigenvalue weighted by Gasteiger charge is 2.40. The minimum Gasteiger partial charge on any atom is -0.303 e. The highest BCUT2D eigenvalue weighted by atomic mass is 32.2. The predicted octanol–water partition coefficient (Wildman–Crippen LogP) is 3.78. The number of benzene rings is 2. The van der Waals surface area contributed by atoms with Gasteiger partial charge in [0.1, 0.15) is 11.6 Å². The summed E-state index contributed by atoms with van der Waals surface area (Å²) in [6, 6.07) is 10.2. The van der Waals surface area contributed by atoms with Crippen LogP contribution in [0.4, 0.5) is 8.78 Å². The van der Waals surface area contributed by atoms with Gasteiger partial charge in [-0.05, 0) is 110 Å². The van der Waals surface area contributed by atoms with Crippen LogP contribution in [0.25, 0.3) is 0 Å². The summed E-state index contributed by atoms with van der Waals surface area (Å²) in [5, 5.41) is 4.76. The number of halogens is 2. The van der Waals surface area contributed by atoms with Gasteiger partial charge in [0.25, 0.3) is 0 Å². The first-order valence-corrected chi connectivity index (χ1v) is 13.2. The SMILES string of the molecule is NS(=O)(=O)C(Cc1cc2c(cc1F)CC(CN1CCC1)C2Cc1cccc(F)c1)C1CC1. The summed E-state index contributed by atoms with van der Waals surface area (Å²) in [6.07, 6.45) is 4.47. The van der Waals surface area contributed by atoms with E-state index in [1.54, 1.807) is 18.2 Å². The van der Waals surface area contributed by atoms with Crippen LogP contribution in [-0.4, -0.2) is 38.2 Å². The van der Waals surface area contributed by atoms with E-state index in [-0.39, 0.29) is 29.9 Å². The summed E-state index contributed by atoms with van der Waals surface area (Å²) in [7, 11) is -3.73. The molecular formula is C25H30F2N2O2S. The van der Waals surface area contributed by atoms with Gasteiger partial charge >= 0.3 is 0 Å². The zero-order chi connectivity index (χ0) is 22.5. The highest BCUT2D eigenvalue weighted by molar-refractivity contribution is 7.89. The van der Waals surface area contributed by atoms with Crippen molar-refractivity contribution in [3.63, 3.8) is 0 Å². The summed E-state index contributed by atoms with van der Waals surface area (Å²) < 4.78 is 53.1. The lowest BCUT2D eigenvalue weighted by Crippen LogP contribution is -2.41. The summed E-state index contributed by atoms with van der Waals surface area (Å²) in [6.45, 7) is 3.14. The smallest absolute Gasteiger partial charge is 0.212 e. The van der Waals surface area contributed by atoms with Crippen LogP contribution in [0.2, 0.25) is 0 Å². The molecule has 0 bridgehead atoms. The van der Waals surface area contributed by atoms with Gasteiger partial charge in [0.2, 0.25) is 10.0 Å². The molecule has 2 aromatic rings. The predicted molar refractivity (Wildman–Crippen MR) is 121 cm³/mol. The molecule has 5 rings (SSSR count). The average molecular weight is 461 g/mol.